The number of nitrogens with zero attached hydrogens (tertiary/aromatic N) is 3. The molecule has 2 unspecified atom stereocenters. The van der Waals surface area contributed by atoms with E-state index in [1.54, 1.807) is 0 Å². The Labute approximate surface area is 247 Å². The van der Waals surface area contributed by atoms with Gasteiger partial charge in [0, 0.05) is 33.4 Å². The lowest BCUT2D eigenvalue weighted by Crippen LogP contribution is -2.29. The van der Waals surface area contributed by atoms with Crippen molar-refractivity contribution in [1.82, 2.24) is 4.40 Å². The standard InChI is InChI=1S/C40H21N3/c41-20-22-8-7-13-30-35(22)39-29-12-2-1-11-28(29)37(30)38-25(17-16-23(21-42)36(38)39)24-18-31-26-9-3-5-14-33(26)43-34-15-6-4-10-27(34)32(19-24)40(31)43/h1-19,37,39H. The SMILES string of the molecule is N#Cc1cccc2c1C1c3ccccc3C2c2c(-c3cc4c5ccccc5n5c6ccccc6c(c3)c45)ccc(C#N)c21. The maximum Gasteiger partial charge on any atom is 0.0994 e. The molecule has 2 atom stereocenters. The summed E-state index contributed by atoms with van der Waals surface area (Å²) in [6.45, 7) is 0. The summed E-state index contributed by atoms with van der Waals surface area (Å²) in [5.74, 6) is -0.209. The van der Waals surface area contributed by atoms with E-state index in [1.807, 2.05) is 18.2 Å². The highest BCUT2D eigenvalue weighted by atomic mass is 14.9. The average molecular weight is 544 g/mol. The van der Waals surface area contributed by atoms with Gasteiger partial charge in [-0.2, -0.15) is 10.5 Å². The molecule has 2 bridgehead atoms. The molecule has 2 heterocycles. The highest BCUT2D eigenvalue weighted by molar-refractivity contribution is 6.24. The first-order valence-electron chi connectivity index (χ1n) is 14.6. The second kappa shape index (κ2) is 7.89. The molecule has 11 rings (SSSR count). The number of nitriles is 2. The Hall–Kier alpha value is -5.90. The zero-order valence-electron chi connectivity index (χ0n) is 23.0. The second-order valence-corrected chi connectivity index (χ2v) is 11.8. The van der Waals surface area contributed by atoms with Crippen molar-refractivity contribution in [3.63, 3.8) is 0 Å². The molecule has 3 aliphatic rings. The van der Waals surface area contributed by atoms with Crippen LogP contribution in [0, 0.1) is 22.7 Å². The van der Waals surface area contributed by atoms with Crippen LogP contribution in [0.2, 0.25) is 0 Å². The average Bonchev–Trinajstić information content (AvgIpc) is 3.59. The Morgan fingerprint density at radius 1 is 0.488 bits per heavy atom. The molecular formula is C40H21N3. The lowest BCUT2D eigenvalue weighted by Gasteiger charge is -2.44. The first-order valence-corrected chi connectivity index (χ1v) is 14.6. The molecular weight excluding hydrogens is 522 g/mol. The molecule has 0 radical (unpaired) electrons. The summed E-state index contributed by atoms with van der Waals surface area (Å²) in [7, 11) is 0. The largest absolute Gasteiger partial charge is 0.308 e. The van der Waals surface area contributed by atoms with Gasteiger partial charge < -0.3 is 4.40 Å². The molecule has 0 saturated heterocycles. The molecule has 2 aromatic heterocycles. The number of fused-ring (bicyclic) bond motifs is 6. The van der Waals surface area contributed by atoms with Crippen molar-refractivity contribution in [3.8, 4) is 23.3 Å². The molecule has 6 aromatic carbocycles. The van der Waals surface area contributed by atoms with Crippen LogP contribution in [0.15, 0.2) is 115 Å². The van der Waals surface area contributed by atoms with E-state index in [9.17, 15) is 10.5 Å². The van der Waals surface area contributed by atoms with Crippen LogP contribution in [0.1, 0.15) is 56.3 Å². The molecule has 0 fully saturated rings. The van der Waals surface area contributed by atoms with Gasteiger partial charge in [-0.1, -0.05) is 78.9 Å². The fourth-order valence-corrected chi connectivity index (χ4v) is 8.44. The van der Waals surface area contributed by atoms with Gasteiger partial charge in [0.05, 0.1) is 39.8 Å². The summed E-state index contributed by atoms with van der Waals surface area (Å²) in [4.78, 5) is 0. The van der Waals surface area contributed by atoms with Crippen LogP contribution >= 0.6 is 0 Å². The van der Waals surface area contributed by atoms with E-state index in [0.717, 1.165) is 22.3 Å². The second-order valence-electron chi connectivity index (χ2n) is 11.8. The first kappa shape index (κ1) is 22.8. The molecule has 196 valence electrons. The smallest absolute Gasteiger partial charge is 0.0994 e. The van der Waals surface area contributed by atoms with Crippen LogP contribution < -0.4 is 0 Å². The van der Waals surface area contributed by atoms with Crippen LogP contribution in [-0.2, 0) is 0 Å². The number of hydrogen-bond donors (Lipinski definition) is 0. The third-order valence-electron chi connectivity index (χ3n) is 9.98. The monoisotopic (exact) mass is 543 g/mol. The number of hydrogen-bond acceptors (Lipinski definition) is 2. The molecule has 0 N–H and O–H groups in total. The minimum atomic E-state index is -0.154. The molecule has 8 aromatic rings. The Morgan fingerprint density at radius 2 is 1.07 bits per heavy atom. The highest BCUT2D eigenvalue weighted by Gasteiger charge is 2.45. The normalized spacial score (nSPS) is 16.3. The lowest BCUT2D eigenvalue weighted by molar-refractivity contribution is 0.751. The van der Waals surface area contributed by atoms with Gasteiger partial charge in [0.2, 0.25) is 0 Å². The number of rotatable bonds is 1. The van der Waals surface area contributed by atoms with Gasteiger partial charge in [0.1, 0.15) is 0 Å². The maximum atomic E-state index is 10.4. The predicted molar refractivity (Wildman–Crippen MR) is 171 cm³/mol. The van der Waals surface area contributed by atoms with E-state index in [4.69, 9.17) is 0 Å². The Kier molecular flexibility index (Phi) is 4.17. The topological polar surface area (TPSA) is 52.0 Å². The van der Waals surface area contributed by atoms with Crippen molar-refractivity contribution >= 4 is 38.1 Å². The Balaban J connectivity index is 1.36. The van der Waals surface area contributed by atoms with E-state index in [2.05, 4.69) is 114 Å². The van der Waals surface area contributed by atoms with Crippen molar-refractivity contribution in [1.29, 1.82) is 10.5 Å². The predicted octanol–water partition coefficient (Wildman–Crippen LogP) is 9.23. The van der Waals surface area contributed by atoms with Crippen molar-refractivity contribution in [2.24, 2.45) is 0 Å². The summed E-state index contributed by atoms with van der Waals surface area (Å²) in [6, 6.07) is 45.9. The molecule has 3 nitrogen and oxygen atoms in total. The van der Waals surface area contributed by atoms with Crippen molar-refractivity contribution in [2.75, 3.05) is 0 Å². The molecule has 0 saturated carbocycles. The number of benzene rings is 6. The summed E-state index contributed by atoms with van der Waals surface area (Å²) < 4.78 is 2.41. The van der Waals surface area contributed by atoms with Gasteiger partial charge in [0.25, 0.3) is 0 Å². The third kappa shape index (κ3) is 2.64. The van der Waals surface area contributed by atoms with Gasteiger partial charge in [-0.3, -0.25) is 0 Å². The molecule has 0 amide bonds. The number of aromatic nitrogens is 1. The molecule has 0 spiro atoms. The van der Waals surface area contributed by atoms with Crippen LogP contribution in [-0.4, -0.2) is 4.40 Å². The number of para-hydroxylation sites is 2. The quantitative estimate of drug-likeness (QED) is 0.207. The van der Waals surface area contributed by atoms with E-state index < -0.39 is 0 Å². The van der Waals surface area contributed by atoms with Crippen LogP contribution in [0.3, 0.4) is 0 Å². The summed E-state index contributed by atoms with van der Waals surface area (Å²) >= 11 is 0. The first-order chi connectivity index (χ1) is 21.3. The Morgan fingerprint density at radius 3 is 1.74 bits per heavy atom. The zero-order chi connectivity index (χ0) is 28.4. The third-order valence-corrected chi connectivity index (χ3v) is 9.98. The van der Waals surface area contributed by atoms with Gasteiger partial charge >= 0.3 is 0 Å². The Bertz CT molecular complexity index is 2520. The van der Waals surface area contributed by atoms with E-state index >= 15 is 0 Å². The van der Waals surface area contributed by atoms with Crippen molar-refractivity contribution in [3.05, 3.63) is 160 Å². The van der Waals surface area contributed by atoms with E-state index in [-0.39, 0.29) is 11.8 Å². The van der Waals surface area contributed by atoms with Crippen LogP contribution in [0.4, 0.5) is 0 Å². The minimum Gasteiger partial charge on any atom is -0.308 e. The van der Waals surface area contributed by atoms with Crippen LogP contribution in [0.25, 0.3) is 49.2 Å². The molecule has 3 aliphatic carbocycles. The molecule has 43 heavy (non-hydrogen) atoms. The fraction of sp³-hybridized carbons (Fsp3) is 0.0500. The summed E-state index contributed by atoms with van der Waals surface area (Å²) in [6.07, 6.45) is 0. The lowest BCUT2D eigenvalue weighted by atomic mass is 9.58. The molecule has 0 aliphatic heterocycles. The van der Waals surface area contributed by atoms with Crippen molar-refractivity contribution < 1.29 is 0 Å². The van der Waals surface area contributed by atoms with E-state index in [1.165, 1.54) is 60.3 Å². The molecule has 3 heteroatoms. The van der Waals surface area contributed by atoms with Gasteiger partial charge in [0.15, 0.2) is 0 Å². The fourth-order valence-electron chi connectivity index (χ4n) is 8.44. The maximum absolute atomic E-state index is 10.4. The minimum absolute atomic E-state index is 0.0549. The highest BCUT2D eigenvalue weighted by Crippen LogP contribution is 2.59. The summed E-state index contributed by atoms with van der Waals surface area (Å²) in [5, 5.41) is 25.6. The summed E-state index contributed by atoms with van der Waals surface area (Å²) in [5.41, 5.74) is 14.4. The van der Waals surface area contributed by atoms with Crippen LogP contribution in [0.5, 0.6) is 0 Å². The zero-order valence-corrected chi connectivity index (χ0v) is 23.0. The van der Waals surface area contributed by atoms with Gasteiger partial charge in [-0.25, -0.2) is 0 Å². The van der Waals surface area contributed by atoms with Gasteiger partial charge in [-0.05, 0) is 80.9 Å². The van der Waals surface area contributed by atoms with Gasteiger partial charge in [-0.15, -0.1) is 0 Å². The van der Waals surface area contributed by atoms with E-state index in [0.29, 0.717) is 11.1 Å². The van der Waals surface area contributed by atoms with Crippen molar-refractivity contribution in [2.45, 2.75) is 11.8 Å².